The van der Waals surface area contributed by atoms with Crippen molar-refractivity contribution in [3.8, 4) is 5.75 Å². The summed E-state index contributed by atoms with van der Waals surface area (Å²) < 4.78 is 0. The SMILES string of the molecule is CC(C)(C)NCC(O)c1ccc(O)c(NCc2ccc(C(=O)O)cc2)c1. The van der Waals surface area contributed by atoms with Gasteiger partial charge < -0.3 is 26.0 Å². The lowest BCUT2D eigenvalue weighted by Gasteiger charge is -2.23. The van der Waals surface area contributed by atoms with E-state index in [4.69, 9.17) is 5.11 Å². The van der Waals surface area contributed by atoms with E-state index in [1.807, 2.05) is 20.8 Å². The van der Waals surface area contributed by atoms with Gasteiger partial charge >= 0.3 is 5.97 Å². The normalized spacial score (nSPS) is 12.6. The summed E-state index contributed by atoms with van der Waals surface area (Å²) in [5, 5.41) is 35.7. The van der Waals surface area contributed by atoms with Gasteiger partial charge in [-0.25, -0.2) is 4.79 Å². The van der Waals surface area contributed by atoms with Crippen LogP contribution < -0.4 is 10.6 Å². The van der Waals surface area contributed by atoms with E-state index in [0.717, 1.165) is 5.56 Å². The van der Waals surface area contributed by atoms with Gasteiger partial charge in [-0.05, 0) is 56.2 Å². The molecule has 0 bridgehead atoms. The zero-order chi connectivity index (χ0) is 19.3. The van der Waals surface area contributed by atoms with E-state index in [1.54, 1.807) is 30.3 Å². The highest BCUT2D eigenvalue weighted by Crippen LogP contribution is 2.27. The fraction of sp³-hybridized carbons (Fsp3) is 0.350. The monoisotopic (exact) mass is 358 g/mol. The van der Waals surface area contributed by atoms with Crippen molar-refractivity contribution in [2.75, 3.05) is 11.9 Å². The minimum absolute atomic E-state index is 0.0897. The molecule has 0 spiro atoms. The van der Waals surface area contributed by atoms with Crippen LogP contribution in [0.3, 0.4) is 0 Å². The van der Waals surface area contributed by atoms with Gasteiger partial charge in [-0.3, -0.25) is 0 Å². The zero-order valence-corrected chi connectivity index (χ0v) is 15.3. The van der Waals surface area contributed by atoms with Gasteiger partial charge in [-0.1, -0.05) is 18.2 Å². The third-order valence-electron chi connectivity index (χ3n) is 3.91. The molecule has 5 N–H and O–H groups in total. The average molecular weight is 358 g/mol. The Kier molecular flexibility index (Phi) is 6.23. The van der Waals surface area contributed by atoms with E-state index < -0.39 is 12.1 Å². The molecular weight excluding hydrogens is 332 g/mol. The number of aromatic carboxylic acids is 1. The maximum atomic E-state index is 10.9. The minimum Gasteiger partial charge on any atom is -0.506 e. The van der Waals surface area contributed by atoms with E-state index in [9.17, 15) is 15.0 Å². The Bertz CT molecular complexity index is 751. The number of carboxylic acids is 1. The Labute approximate surface area is 153 Å². The molecule has 2 rings (SSSR count). The Hall–Kier alpha value is -2.57. The maximum absolute atomic E-state index is 10.9. The number of β-amino-alcohol motifs (C(OH)–C–C–N with tert-alkyl or cyclic N) is 1. The topological polar surface area (TPSA) is 102 Å². The molecule has 0 heterocycles. The standard InChI is InChI=1S/C20H26N2O4/c1-20(2,3)22-12-18(24)15-8-9-17(23)16(10-15)21-11-13-4-6-14(7-5-13)19(25)26/h4-10,18,21-24H,11-12H2,1-3H3,(H,25,26). The van der Waals surface area contributed by atoms with Gasteiger partial charge in [-0.15, -0.1) is 0 Å². The van der Waals surface area contributed by atoms with Gasteiger partial charge in [0.15, 0.2) is 0 Å². The maximum Gasteiger partial charge on any atom is 0.335 e. The number of hydrogen-bond acceptors (Lipinski definition) is 5. The smallest absolute Gasteiger partial charge is 0.335 e. The van der Waals surface area contributed by atoms with Crippen molar-refractivity contribution < 1.29 is 20.1 Å². The molecule has 2 aromatic rings. The van der Waals surface area contributed by atoms with E-state index in [2.05, 4.69) is 10.6 Å². The van der Waals surface area contributed by atoms with Crippen LogP contribution in [0, 0.1) is 0 Å². The van der Waals surface area contributed by atoms with Crippen LogP contribution in [0.15, 0.2) is 42.5 Å². The molecule has 1 atom stereocenters. The van der Waals surface area contributed by atoms with Gasteiger partial charge in [-0.2, -0.15) is 0 Å². The number of carboxylic acid groups (broad SMARTS) is 1. The van der Waals surface area contributed by atoms with Crippen LogP contribution >= 0.6 is 0 Å². The first-order chi connectivity index (χ1) is 12.2. The molecule has 0 saturated heterocycles. The lowest BCUT2D eigenvalue weighted by molar-refractivity contribution is 0.0697. The zero-order valence-electron chi connectivity index (χ0n) is 15.3. The third kappa shape index (κ3) is 5.75. The minimum atomic E-state index is -0.965. The summed E-state index contributed by atoms with van der Waals surface area (Å²) in [6.07, 6.45) is -0.690. The van der Waals surface area contributed by atoms with Crippen molar-refractivity contribution in [1.29, 1.82) is 0 Å². The Morgan fingerprint density at radius 2 is 1.77 bits per heavy atom. The van der Waals surface area contributed by atoms with E-state index in [1.165, 1.54) is 12.1 Å². The number of aliphatic hydroxyl groups is 1. The quantitative estimate of drug-likeness (QED) is 0.488. The summed E-state index contributed by atoms with van der Waals surface area (Å²) in [5.41, 5.74) is 2.23. The van der Waals surface area contributed by atoms with Crippen molar-refractivity contribution in [2.45, 2.75) is 39.0 Å². The lowest BCUT2D eigenvalue weighted by Crippen LogP contribution is -2.38. The number of carbonyl (C=O) groups is 1. The second-order valence-corrected chi connectivity index (χ2v) is 7.28. The molecule has 6 nitrogen and oxygen atoms in total. The highest BCUT2D eigenvalue weighted by atomic mass is 16.4. The number of rotatable bonds is 7. The molecule has 2 aromatic carbocycles. The number of nitrogens with one attached hydrogen (secondary N) is 2. The van der Waals surface area contributed by atoms with Crippen molar-refractivity contribution in [1.82, 2.24) is 5.32 Å². The Morgan fingerprint density at radius 1 is 1.12 bits per heavy atom. The van der Waals surface area contributed by atoms with Gasteiger partial charge in [0.1, 0.15) is 5.75 Å². The molecule has 1 unspecified atom stereocenters. The fourth-order valence-electron chi connectivity index (χ4n) is 2.39. The molecule has 0 amide bonds. The molecule has 0 fully saturated rings. The van der Waals surface area contributed by atoms with Crippen molar-refractivity contribution in [2.24, 2.45) is 0 Å². The Balaban J connectivity index is 2.03. The first-order valence-corrected chi connectivity index (χ1v) is 8.48. The fourth-order valence-corrected chi connectivity index (χ4v) is 2.39. The summed E-state index contributed by atoms with van der Waals surface area (Å²) in [5.74, 6) is -0.875. The van der Waals surface area contributed by atoms with Crippen LogP contribution in [0.4, 0.5) is 5.69 Å². The van der Waals surface area contributed by atoms with Crippen LogP contribution in [0.25, 0.3) is 0 Å². The summed E-state index contributed by atoms with van der Waals surface area (Å²) in [6, 6.07) is 11.5. The van der Waals surface area contributed by atoms with E-state index in [0.29, 0.717) is 24.3 Å². The molecule has 0 aliphatic rings. The van der Waals surface area contributed by atoms with Crippen LogP contribution in [0.5, 0.6) is 5.75 Å². The number of aromatic hydroxyl groups is 1. The molecule has 0 aliphatic carbocycles. The summed E-state index contributed by atoms with van der Waals surface area (Å²) in [7, 11) is 0. The molecule has 0 aliphatic heterocycles. The number of aliphatic hydroxyl groups excluding tert-OH is 1. The van der Waals surface area contributed by atoms with Crippen LogP contribution in [-0.4, -0.2) is 33.4 Å². The summed E-state index contributed by atoms with van der Waals surface area (Å²) in [6.45, 7) is 6.91. The summed E-state index contributed by atoms with van der Waals surface area (Å²) in [4.78, 5) is 10.9. The molecule has 26 heavy (non-hydrogen) atoms. The number of anilines is 1. The van der Waals surface area contributed by atoms with E-state index in [-0.39, 0.29) is 16.9 Å². The van der Waals surface area contributed by atoms with Gasteiger partial charge in [0.25, 0.3) is 0 Å². The van der Waals surface area contributed by atoms with Gasteiger partial charge in [0, 0.05) is 18.6 Å². The van der Waals surface area contributed by atoms with Gasteiger partial charge in [0.05, 0.1) is 17.4 Å². The Morgan fingerprint density at radius 3 is 2.35 bits per heavy atom. The van der Waals surface area contributed by atoms with Crippen molar-refractivity contribution in [3.63, 3.8) is 0 Å². The van der Waals surface area contributed by atoms with E-state index >= 15 is 0 Å². The predicted molar refractivity (Wildman–Crippen MR) is 102 cm³/mol. The molecular formula is C20H26N2O4. The first kappa shape index (κ1) is 19.8. The second-order valence-electron chi connectivity index (χ2n) is 7.28. The highest BCUT2D eigenvalue weighted by molar-refractivity contribution is 5.87. The molecule has 140 valence electrons. The van der Waals surface area contributed by atoms with Crippen molar-refractivity contribution in [3.05, 3.63) is 59.2 Å². The highest BCUT2D eigenvalue weighted by Gasteiger charge is 2.15. The average Bonchev–Trinajstić information content (AvgIpc) is 2.58. The molecule has 0 radical (unpaired) electrons. The number of phenols is 1. The van der Waals surface area contributed by atoms with Crippen LogP contribution in [0.1, 0.15) is 48.4 Å². The van der Waals surface area contributed by atoms with Gasteiger partial charge in [0.2, 0.25) is 0 Å². The second kappa shape index (κ2) is 8.21. The third-order valence-corrected chi connectivity index (χ3v) is 3.91. The number of benzene rings is 2. The molecule has 6 heteroatoms. The van der Waals surface area contributed by atoms with Crippen LogP contribution in [-0.2, 0) is 6.54 Å². The molecule has 0 aromatic heterocycles. The summed E-state index contributed by atoms with van der Waals surface area (Å²) >= 11 is 0. The van der Waals surface area contributed by atoms with Crippen LogP contribution in [0.2, 0.25) is 0 Å². The predicted octanol–water partition coefficient (Wildman–Crippen LogP) is 3.12. The number of phenolic OH excluding ortho intramolecular Hbond substituents is 1. The van der Waals surface area contributed by atoms with Crippen molar-refractivity contribution >= 4 is 11.7 Å². The number of hydrogen-bond donors (Lipinski definition) is 5. The molecule has 0 saturated carbocycles. The lowest BCUT2D eigenvalue weighted by atomic mass is 10.0. The largest absolute Gasteiger partial charge is 0.506 e. The first-order valence-electron chi connectivity index (χ1n) is 8.48.